The minimum Gasteiger partial charge on any atom is -0.335 e. The second-order valence-electron chi connectivity index (χ2n) is 7.06. The minimum absolute atomic E-state index is 0.0501. The molecule has 154 valence electrons. The molecule has 2 heterocycles. The van der Waals surface area contributed by atoms with Gasteiger partial charge in [-0.15, -0.1) is 5.10 Å². The Kier molecular flexibility index (Phi) is 5.76. The first-order valence-corrected chi connectivity index (χ1v) is 9.82. The number of aromatic nitrogens is 3. The van der Waals surface area contributed by atoms with Gasteiger partial charge < -0.3 is 9.80 Å². The molecule has 0 aliphatic carbocycles. The van der Waals surface area contributed by atoms with Crippen molar-refractivity contribution in [2.24, 2.45) is 0 Å². The van der Waals surface area contributed by atoms with Crippen LogP contribution in [0.4, 0.5) is 4.39 Å². The van der Waals surface area contributed by atoms with E-state index >= 15 is 0 Å². The normalized spacial score (nSPS) is 14.3. The topological polar surface area (TPSA) is 71.3 Å². The summed E-state index contributed by atoms with van der Waals surface area (Å²) in [6, 6.07) is 13.5. The molecular formula is C21H19ClFN5O2. The van der Waals surface area contributed by atoms with Crippen molar-refractivity contribution in [1.82, 2.24) is 24.8 Å². The fourth-order valence-electron chi connectivity index (χ4n) is 3.34. The molecule has 2 aromatic carbocycles. The summed E-state index contributed by atoms with van der Waals surface area (Å²) in [5, 5.41) is 8.56. The zero-order valence-corrected chi connectivity index (χ0v) is 16.8. The Morgan fingerprint density at radius 1 is 1.10 bits per heavy atom. The Labute approximate surface area is 177 Å². The van der Waals surface area contributed by atoms with E-state index in [0.29, 0.717) is 36.8 Å². The van der Waals surface area contributed by atoms with Crippen molar-refractivity contribution in [3.63, 3.8) is 0 Å². The molecule has 0 saturated carbocycles. The van der Waals surface area contributed by atoms with E-state index in [4.69, 9.17) is 11.6 Å². The monoisotopic (exact) mass is 427 g/mol. The molecule has 4 rings (SSSR count). The number of piperazine rings is 1. The average Bonchev–Trinajstić information content (AvgIpc) is 3.19. The van der Waals surface area contributed by atoms with Gasteiger partial charge in [-0.25, -0.2) is 9.07 Å². The van der Waals surface area contributed by atoms with Gasteiger partial charge in [0.05, 0.1) is 12.7 Å². The molecule has 7 nitrogen and oxygen atoms in total. The van der Waals surface area contributed by atoms with Crippen LogP contribution in [0.5, 0.6) is 0 Å². The molecular weight excluding hydrogens is 409 g/mol. The third-order valence-electron chi connectivity index (χ3n) is 4.92. The number of halogens is 2. The van der Waals surface area contributed by atoms with Crippen molar-refractivity contribution in [2.75, 3.05) is 19.6 Å². The fourth-order valence-corrected chi connectivity index (χ4v) is 3.54. The van der Waals surface area contributed by atoms with E-state index in [0.717, 1.165) is 5.56 Å². The number of amides is 2. The van der Waals surface area contributed by atoms with E-state index in [-0.39, 0.29) is 29.9 Å². The Bertz CT molecular complexity index is 1090. The number of carbonyl (C=O) groups is 2. The number of hydrogen-bond acceptors (Lipinski definition) is 4. The quantitative estimate of drug-likeness (QED) is 0.627. The molecule has 0 spiro atoms. The van der Waals surface area contributed by atoms with Gasteiger partial charge >= 0.3 is 0 Å². The van der Waals surface area contributed by atoms with Crippen molar-refractivity contribution in [3.05, 3.63) is 82.4 Å². The Morgan fingerprint density at radius 2 is 1.93 bits per heavy atom. The van der Waals surface area contributed by atoms with E-state index < -0.39 is 0 Å². The number of carbonyl (C=O) groups excluding carboxylic acids is 2. The molecule has 1 aromatic heterocycles. The highest BCUT2D eigenvalue weighted by Gasteiger charge is 2.29. The maximum absolute atomic E-state index is 13.4. The van der Waals surface area contributed by atoms with Gasteiger partial charge in [0.25, 0.3) is 5.91 Å². The molecule has 2 amide bonds. The molecule has 0 atom stereocenters. The second kappa shape index (κ2) is 8.62. The van der Waals surface area contributed by atoms with Gasteiger partial charge in [-0.1, -0.05) is 47.1 Å². The number of hydrogen-bond donors (Lipinski definition) is 0. The first kappa shape index (κ1) is 20.0. The molecule has 1 saturated heterocycles. The zero-order valence-electron chi connectivity index (χ0n) is 16.0. The van der Waals surface area contributed by atoms with Crippen molar-refractivity contribution in [1.29, 1.82) is 0 Å². The standard InChI is InChI=1S/C21H19ClFN5O2/c22-18-7-2-1-5-16(18)12-28-13-19(24-25-28)21(30)27-9-8-26(20(29)14-27)11-15-4-3-6-17(23)10-15/h1-7,10,13H,8-9,11-12,14H2. The van der Waals surface area contributed by atoms with Crippen LogP contribution in [0.2, 0.25) is 5.02 Å². The number of benzene rings is 2. The van der Waals surface area contributed by atoms with Crippen LogP contribution in [0.3, 0.4) is 0 Å². The summed E-state index contributed by atoms with van der Waals surface area (Å²) in [7, 11) is 0. The molecule has 0 radical (unpaired) electrons. The highest BCUT2D eigenvalue weighted by atomic mass is 35.5. The maximum Gasteiger partial charge on any atom is 0.276 e. The fraction of sp³-hybridized carbons (Fsp3) is 0.238. The SMILES string of the molecule is O=C1CN(C(=O)c2cn(Cc3ccccc3Cl)nn2)CCN1Cc1cccc(F)c1. The van der Waals surface area contributed by atoms with Gasteiger partial charge in [0.2, 0.25) is 5.91 Å². The zero-order chi connectivity index (χ0) is 21.1. The summed E-state index contributed by atoms with van der Waals surface area (Å²) < 4.78 is 14.9. The molecule has 0 bridgehead atoms. The van der Waals surface area contributed by atoms with Gasteiger partial charge in [-0.05, 0) is 29.3 Å². The maximum atomic E-state index is 13.4. The first-order chi connectivity index (χ1) is 14.5. The smallest absolute Gasteiger partial charge is 0.276 e. The Morgan fingerprint density at radius 3 is 2.70 bits per heavy atom. The van der Waals surface area contributed by atoms with E-state index in [2.05, 4.69) is 10.3 Å². The third kappa shape index (κ3) is 4.49. The average molecular weight is 428 g/mol. The summed E-state index contributed by atoms with van der Waals surface area (Å²) >= 11 is 6.16. The Balaban J connectivity index is 1.37. The van der Waals surface area contributed by atoms with Crippen LogP contribution < -0.4 is 0 Å². The van der Waals surface area contributed by atoms with E-state index in [9.17, 15) is 14.0 Å². The second-order valence-corrected chi connectivity index (χ2v) is 7.47. The van der Waals surface area contributed by atoms with Crippen LogP contribution in [0.1, 0.15) is 21.6 Å². The summed E-state index contributed by atoms with van der Waals surface area (Å²) in [6.45, 7) is 1.39. The van der Waals surface area contributed by atoms with Gasteiger partial charge in [-0.3, -0.25) is 9.59 Å². The summed E-state index contributed by atoms with van der Waals surface area (Å²) in [4.78, 5) is 28.3. The summed E-state index contributed by atoms with van der Waals surface area (Å²) in [5.74, 6) is -0.880. The van der Waals surface area contributed by atoms with Crippen LogP contribution in [-0.2, 0) is 17.9 Å². The molecule has 0 N–H and O–H groups in total. The van der Waals surface area contributed by atoms with Crippen molar-refractivity contribution in [3.8, 4) is 0 Å². The minimum atomic E-state index is -0.348. The Hall–Kier alpha value is -3.26. The molecule has 30 heavy (non-hydrogen) atoms. The van der Waals surface area contributed by atoms with Crippen LogP contribution in [-0.4, -0.2) is 56.2 Å². The highest BCUT2D eigenvalue weighted by molar-refractivity contribution is 6.31. The third-order valence-corrected chi connectivity index (χ3v) is 5.29. The van der Waals surface area contributed by atoms with Gasteiger partial charge in [0.15, 0.2) is 5.69 Å². The summed E-state index contributed by atoms with van der Waals surface area (Å²) in [6.07, 6.45) is 1.55. The predicted molar refractivity (Wildman–Crippen MR) is 108 cm³/mol. The number of nitrogens with zero attached hydrogens (tertiary/aromatic N) is 5. The predicted octanol–water partition coefficient (Wildman–Crippen LogP) is 2.60. The molecule has 1 aliphatic rings. The molecule has 9 heteroatoms. The number of rotatable bonds is 5. The van der Waals surface area contributed by atoms with E-state index in [1.165, 1.54) is 21.7 Å². The van der Waals surface area contributed by atoms with Crippen LogP contribution in [0, 0.1) is 5.82 Å². The van der Waals surface area contributed by atoms with Gasteiger partial charge in [0, 0.05) is 24.7 Å². The van der Waals surface area contributed by atoms with Crippen molar-refractivity contribution < 1.29 is 14.0 Å². The molecule has 3 aromatic rings. The van der Waals surface area contributed by atoms with Crippen molar-refractivity contribution >= 4 is 23.4 Å². The van der Waals surface area contributed by atoms with E-state index in [1.54, 1.807) is 29.3 Å². The lowest BCUT2D eigenvalue weighted by molar-refractivity contribution is -0.135. The molecule has 0 unspecified atom stereocenters. The highest BCUT2D eigenvalue weighted by Crippen LogP contribution is 2.16. The summed E-state index contributed by atoms with van der Waals surface area (Å²) in [5.41, 5.74) is 1.75. The lowest BCUT2D eigenvalue weighted by atomic mass is 10.2. The van der Waals surface area contributed by atoms with Crippen LogP contribution in [0.25, 0.3) is 0 Å². The lowest BCUT2D eigenvalue weighted by Gasteiger charge is -2.34. The first-order valence-electron chi connectivity index (χ1n) is 9.44. The van der Waals surface area contributed by atoms with Crippen LogP contribution in [0.15, 0.2) is 54.7 Å². The van der Waals surface area contributed by atoms with E-state index in [1.807, 2.05) is 18.2 Å². The lowest BCUT2D eigenvalue weighted by Crippen LogP contribution is -2.51. The molecule has 1 aliphatic heterocycles. The molecule has 1 fully saturated rings. The largest absolute Gasteiger partial charge is 0.335 e. The van der Waals surface area contributed by atoms with Gasteiger partial charge in [-0.2, -0.15) is 0 Å². The van der Waals surface area contributed by atoms with Crippen molar-refractivity contribution in [2.45, 2.75) is 13.1 Å². The van der Waals surface area contributed by atoms with Gasteiger partial charge in [0.1, 0.15) is 12.4 Å². The van der Waals surface area contributed by atoms with Crippen LogP contribution >= 0.6 is 11.6 Å².